The van der Waals surface area contributed by atoms with E-state index in [-0.39, 0.29) is 0 Å². The van der Waals surface area contributed by atoms with Gasteiger partial charge in [0.2, 0.25) is 0 Å². The highest BCUT2D eigenvalue weighted by atomic mass is 19.4. The molecule has 0 fully saturated rings. The van der Waals surface area contributed by atoms with Crippen LogP contribution in [0.4, 0.5) is 18.9 Å². The number of halogens is 3. The molecule has 0 aliphatic carbocycles. The van der Waals surface area contributed by atoms with Gasteiger partial charge in [0.05, 0.1) is 5.56 Å². The molecule has 112 valence electrons. The third-order valence-corrected chi connectivity index (χ3v) is 3.27. The Balaban J connectivity index is 2.10. The quantitative estimate of drug-likeness (QED) is 0.792. The largest absolute Gasteiger partial charge is 0.416 e. The molecule has 0 saturated carbocycles. The molecule has 2 aromatic carbocycles. The van der Waals surface area contributed by atoms with Gasteiger partial charge in [-0.3, -0.25) is 0 Å². The van der Waals surface area contributed by atoms with Crippen LogP contribution in [-0.2, 0) is 19.1 Å². The van der Waals surface area contributed by atoms with Crippen molar-refractivity contribution in [3.05, 3.63) is 65.2 Å². The van der Waals surface area contributed by atoms with Crippen molar-refractivity contribution in [2.75, 3.05) is 5.32 Å². The van der Waals surface area contributed by atoms with Crippen molar-refractivity contribution in [3.8, 4) is 0 Å². The van der Waals surface area contributed by atoms with Crippen molar-refractivity contribution in [2.45, 2.75) is 32.5 Å². The molecule has 0 amide bonds. The number of rotatable bonds is 5. The maximum atomic E-state index is 12.7. The summed E-state index contributed by atoms with van der Waals surface area (Å²) in [7, 11) is 0. The Labute approximate surface area is 122 Å². The van der Waals surface area contributed by atoms with Crippen LogP contribution >= 0.6 is 0 Å². The summed E-state index contributed by atoms with van der Waals surface area (Å²) in [5.74, 6) is 0. The summed E-state index contributed by atoms with van der Waals surface area (Å²) >= 11 is 0. The van der Waals surface area contributed by atoms with Gasteiger partial charge in [0.15, 0.2) is 0 Å². The van der Waals surface area contributed by atoms with Crippen LogP contribution in [0.25, 0.3) is 0 Å². The highest BCUT2D eigenvalue weighted by molar-refractivity contribution is 5.51. The van der Waals surface area contributed by atoms with Crippen LogP contribution in [0.5, 0.6) is 0 Å². The van der Waals surface area contributed by atoms with Crippen LogP contribution < -0.4 is 5.32 Å². The molecule has 1 nitrogen and oxygen atoms in total. The number of alkyl halides is 3. The van der Waals surface area contributed by atoms with Crippen molar-refractivity contribution < 1.29 is 13.2 Å². The molecule has 0 aliphatic rings. The average molecular weight is 293 g/mol. The number of aryl methyl sites for hydroxylation is 1. The summed E-state index contributed by atoms with van der Waals surface area (Å²) in [4.78, 5) is 0. The van der Waals surface area contributed by atoms with Crippen molar-refractivity contribution in [1.82, 2.24) is 0 Å². The molecule has 1 N–H and O–H groups in total. The Bertz CT molecular complexity index is 591. The van der Waals surface area contributed by atoms with Gasteiger partial charge in [0.25, 0.3) is 0 Å². The van der Waals surface area contributed by atoms with Gasteiger partial charge in [-0.2, -0.15) is 13.2 Å². The lowest BCUT2D eigenvalue weighted by Gasteiger charge is -2.13. The normalized spacial score (nSPS) is 11.4. The molecule has 0 heterocycles. The van der Waals surface area contributed by atoms with E-state index in [1.807, 2.05) is 24.3 Å². The van der Waals surface area contributed by atoms with Gasteiger partial charge in [-0.25, -0.2) is 0 Å². The van der Waals surface area contributed by atoms with E-state index in [2.05, 4.69) is 12.2 Å². The van der Waals surface area contributed by atoms with Gasteiger partial charge >= 0.3 is 6.18 Å². The lowest BCUT2D eigenvalue weighted by atomic mass is 10.1. The van der Waals surface area contributed by atoms with E-state index < -0.39 is 11.7 Å². The zero-order chi connectivity index (χ0) is 15.3. The minimum Gasteiger partial charge on any atom is -0.381 e. The number of para-hydroxylation sites is 1. The molecule has 21 heavy (non-hydrogen) atoms. The van der Waals surface area contributed by atoms with Crippen molar-refractivity contribution in [1.29, 1.82) is 0 Å². The Hall–Kier alpha value is -1.97. The van der Waals surface area contributed by atoms with E-state index in [1.54, 1.807) is 6.07 Å². The summed E-state index contributed by atoms with van der Waals surface area (Å²) in [5, 5.41) is 3.23. The minimum absolute atomic E-state index is 0.380. The van der Waals surface area contributed by atoms with Gasteiger partial charge in [0.1, 0.15) is 0 Å². The lowest BCUT2D eigenvalue weighted by molar-refractivity contribution is -0.137. The summed E-state index contributed by atoms with van der Waals surface area (Å²) in [6.45, 7) is 2.48. The zero-order valence-corrected chi connectivity index (χ0v) is 11.9. The van der Waals surface area contributed by atoms with E-state index in [1.165, 1.54) is 17.7 Å². The predicted molar refractivity (Wildman–Crippen MR) is 79.2 cm³/mol. The van der Waals surface area contributed by atoms with Crippen molar-refractivity contribution in [3.63, 3.8) is 0 Å². The molecule has 0 saturated heterocycles. The maximum absolute atomic E-state index is 12.7. The molecule has 0 radical (unpaired) electrons. The summed E-state index contributed by atoms with van der Waals surface area (Å²) in [5.41, 5.74) is 2.18. The van der Waals surface area contributed by atoms with Gasteiger partial charge < -0.3 is 5.32 Å². The molecule has 0 aliphatic heterocycles. The molecule has 0 atom stereocenters. The molecule has 2 rings (SSSR count). The smallest absolute Gasteiger partial charge is 0.381 e. The fraction of sp³-hybridized carbons (Fsp3) is 0.294. The number of anilines is 1. The highest BCUT2D eigenvalue weighted by Crippen LogP contribution is 2.29. The first-order valence-corrected chi connectivity index (χ1v) is 6.98. The van der Waals surface area contributed by atoms with Crippen molar-refractivity contribution >= 4 is 5.69 Å². The summed E-state index contributed by atoms with van der Waals surface area (Å²) in [6, 6.07) is 13.3. The summed E-state index contributed by atoms with van der Waals surface area (Å²) in [6.07, 6.45) is -2.32. The molecular weight excluding hydrogens is 275 g/mol. The monoisotopic (exact) mass is 293 g/mol. The Kier molecular flexibility index (Phi) is 4.89. The predicted octanol–water partition coefficient (Wildman–Crippen LogP) is 5.27. The van der Waals surface area contributed by atoms with Gasteiger partial charge in [-0.05, 0) is 35.7 Å². The van der Waals surface area contributed by atoms with Gasteiger partial charge in [-0.1, -0.05) is 43.7 Å². The number of hydrogen-bond donors (Lipinski definition) is 1. The van der Waals surface area contributed by atoms with Crippen molar-refractivity contribution in [2.24, 2.45) is 0 Å². The highest BCUT2D eigenvalue weighted by Gasteiger charge is 2.30. The molecule has 0 unspecified atom stereocenters. The first-order chi connectivity index (χ1) is 10.0. The number of benzene rings is 2. The molecule has 2 aromatic rings. The van der Waals surface area contributed by atoms with E-state index in [0.29, 0.717) is 12.1 Å². The lowest BCUT2D eigenvalue weighted by Crippen LogP contribution is -2.07. The second kappa shape index (κ2) is 6.66. The first kappa shape index (κ1) is 15.4. The van der Waals surface area contributed by atoms with Crippen LogP contribution in [0.2, 0.25) is 0 Å². The van der Waals surface area contributed by atoms with Crippen LogP contribution in [0.3, 0.4) is 0 Å². The zero-order valence-electron chi connectivity index (χ0n) is 11.9. The van der Waals surface area contributed by atoms with Crippen LogP contribution in [-0.4, -0.2) is 0 Å². The third-order valence-electron chi connectivity index (χ3n) is 3.27. The number of hydrogen-bond acceptors (Lipinski definition) is 1. The third kappa shape index (κ3) is 4.25. The van der Waals surface area contributed by atoms with Crippen LogP contribution in [0.15, 0.2) is 48.5 Å². The topological polar surface area (TPSA) is 12.0 Å². The minimum atomic E-state index is -4.30. The molecule has 0 bridgehead atoms. The molecular formula is C17H18F3N. The standard InChI is InChI=1S/C17H18F3N/c1-2-6-14-8-3-4-10-16(14)21-12-13-7-5-9-15(11-13)17(18,19)20/h3-5,7-11,21H,2,6,12H2,1H3. The van der Waals surface area contributed by atoms with Crippen LogP contribution in [0.1, 0.15) is 30.0 Å². The van der Waals surface area contributed by atoms with Gasteiger partial charge in [-0.15, -0.1) is 0 Å². The van der Waals surface area contributed by atoms with E-state index in [4.69, 9.17) is 0 Å². The van der Waals surface area contributed by atoms with Gasteiger partial charge in [0, 0.05) is 12.2 Å². The fourth-order valence-corrected chi connectivity index (χ4v) is 2.24. The molecule has 4 heteroatoms. The fourth-order valence-electron chi connectivity index (χ4n) is 2.24. The van der Waals surface area contributed by atoms with E-state index >= 15 is 0 Å². The van der Waals surface area contributed by atoms with E-state index in [0.717, 1.165) is 24.6 Å². The second-order valence-corrected chi connectivity index (χ2v) is 4.96. The average Bonchev–Trinajstić information content (AvgIpc) is 2.46. The second-order valence-electron chi connectivity index (χ2n) is 4.96. The SMILES string of the molecule is CCCc1ccccc1NCc1cccc(C(F)(F)F)c1. The first-order valence-electron chi connectivity index (χ1n) is 6.98. The Morgan fingerprint density at radius 3 is 2.48 bits per heavy atom. The number of nitrogens with one attached hydrogen (secondary N) is 1. The van der Waals surface area contributed by atoms with E-state index in [9.17, 15) is 13.2 Å². The van der Waals surface area contributed by atoms with Crippen LogP contribution in [0, 0.1) is 0 Å². The summed E-state index contributed by atoms with van der Waals surface area (Å²) < 4.78 is 38.0. The Morgan fingerprint density at radius 1 is 1.00 bits per heavy atom. The maximum Gasteiger partial charge on any atom is 0.416 e. The molecule has 0 aromatic heterocycles. The molecule has 0 spiro atoms. The Morgan fingerprint density at radius 2 is 1.76 bits per heavy atom.